The Morgan fingerprint density at radius 3 is 2.38 bits per heavy atom. The lowest BCUT2D eigenvalue weighted by Crippen LogP contribution is -2.43. The molecule has 0 saturated heterocycles. The Hall–Kier alpha value is -3.19. The molecule has 1 atom stereocenters. The van der Waals surface area contributed by atoms with Crippen molar-refractivity contribution in [1.82, 2.24) is 19.4 Å². The van der Waals surface area contributed by atoms with E-state index in [1.165, 1.54) is 5.56 Å². The Morgan fingerprint density at radius 2 is 1.75 bits per heavy atom. The van der Waals surface area contributed by atoms with Gasteiger partial charge in [0.15, 0.2) is 0 Å². The number of rotatable bonds is 8. The van der Waals surface area contributed by atoms with Crippen LogP contribution >= 0.6 is 0 Å². The second-order valence-electron chi connectivity index (χ2n) is 8.25. The fourth-order valence-electron chi connectivity index (χ4n) is 3.80. The van der Waals surface area contributed by atoms with Crippen molar-refractivity contribution in [2.24, 2.45) is 7.05 Å². The quantitative estimate of drug-likeness (QED) is 0.580. The second-order valence-corrected chi connectivity index (χ2v) is 8.25. The molecular weight excluding hydrogens is 402 g/mol. The molecule has 0 aliphatic rings. The minimum atomic E-state index is -0.341. The molecule has 7 heteroatoms. The number of urea groups is 1. The van der Waals surface area contributed by atoms with Crippen LogP contribution in [0, 0.1) is 0 Å². The summed E-state index contributed by atoms with van der Waals surface area (Å²) in [5, 5.41) is 3.60. The molecule has 3 rings (SSSR count). The largest absolute Gasteiger partial charge is 0.322 e. The zero-order valence-electron chi connectivity index (χ0n) is 19.6. The van der Waals surface area contributed by atoms with E-state index in [1.807, 2.05) is 68.4 Å². The van der Waals surface area contributed by atoms with E-state index < -0.39 is 0 Å². The van der Waals surface area contributed by atoms with Crippen molar-refractivity contribution < 1.29 is 4.79 Å². The highest BCUT2D eigenvalue weighted by molar-refractivity contribution is 5.89. The Labute approximate surface area is 189 Å². The van der Waals surface area contributed by atoms with Crippen LogP contribution in [0.1, 0.15) is 37.7 Å². The van der Waals surface area contributed by atoms with Crippen molar-refractivity contribution in [3.8, 4) is 0 Å². The summed E-state index contributed by atoms with van der Waals surface area (Å²) >= 11 is 0. The molecule has 0 aliphatic heterocycles. The molecule has 32 heavy (non-hydrogen) atoms. The number of aryl methyl sites for hydroxylation is 1. The topological polar surface area (TPSA) is 70.5 Å². The normalized spacial score (nSPS) is 12.2. The minimum Gasteiger partial charge on any atom is -0.313 e. The molecule has 170 valence electrons. The molecule has 0 bridgehead atoms. The van der Waals surface area contributed by atoms with E-state index in [1.54, 1.807) is 22.6 Å². The summed E-state index contributed by atoms with van der Waals surface area (Å²) < 4.78 is 1.57. The van der Waals surface area contributed by atoms with Gasteiger partial charge in [-0.3, -0.25) is 9.36 Å². The van der Waals surface area contributed by atoms with Gasteiger partial charge in [-0.2, -0.15) is 0 Å². The number of nitrogens with zero attached hydrogens (tertiary/aromatic N) is 4. The Morgan fingerprint density at radius 1 is 1.06 bits per heavy atom. The first-order valence-electron chi connectivity index (χ1n) is 11.1. The van der Waals surface area contributed by atoms with Crippen molar-refractivity contribution in [2.75, 3.05) is 32.5 Å². The monoisotopic (exact) mass is 435 g/mol. The Balaban J connectivity index is 1.98. The van der Waals surface area contributed by atoms with E-state index in [2.05, 4.69) is 12.2 Å². The highest BCUT2D eigenvalue weighted by Gasteiger charge is 2.28. The molecular formula is C25H33N5O2. The Bertz CT molecular complexity index is 1120. The molecule has 1 N–H and O–H groups in total. The van der Waals surface area contributed by atoms with Gasteiger partial charge in [-0.05, 0) is 56.8 Å². The third kappa shape index (κ3) is 5.16. The van der Waals surface area contributed by atoms with Crippen LogP contribution in [0.3, 0.4) is 0 Å². The fraction of sp³-hybridized carbons (Fsp3) is 0.400. The number of hydrogen-bond donors (Lipinski definition) is 1. The summed E-state index contributed by atoms with van der Waals surface area (Å²) in [6.07, 6.45) is 1.58. The maximum absolute atomic E-state index is 13.4. The predicted molar refractivity (Wildman–Crippen MR) is 130 cm³/mol. The van der Waals surface area contributed by atoms with Crippen LogP contribution in [0.4, 0.5) is 10.5 Å². The zero-order chi connectivity index (χ0) is 23.3. The van der Waals surface area contributed by atoms with Crippen molar-refractivity contribution in [2.45, 2.75) is 32.7 Å². The number of carbonyl (C=O) groups excluding carboxylic acids is 1. The molecule has 1 heterocycles. The van der Waals surface area contributed by atoms with Crippen LogP contribution in [0.25, 0.3) is 10.9 Å². The molecule has 2 aromatic carbocycles. The summed E-state index contributed by atoms with van der Waals surface area (Å²) in [6, 6.07) is 14.7. The summed E-state index contributed by atoms with van der Waals surface area (Å²) in [4.78, 5) is 35.0. The zero-order valence-corrected chi connectivity index (χ0v) is 19.6. The number of amides is 2. The maximum atomic E-state index is 13.4. The highest BCUT2D eigenvalue weighted by Crippen LogP contribution is 2.24. The number of para-hydroxylation sites is 1. The van der Waals surface area contributed by atoms with Crippen molar-refractivity contribution >= 4 is 22.6 Å². The van der Waals surface area contributed by atoms with Crippen LogP contribution in [0.2, 0.25) is 0 Å². The first kappa shape index (κ1) is 23.5. The summed E-state index contributed by atoms with van der Waals surface area (Å²) in [6.45, 7) is 5.31. The van der Waals surface area contributed by atoms with Crippen LogP contribution in [-0.4, -0.2) is 52.6 Å². The molecule has 0 fully saturated rings. The van der Waals surface area contributed by atoms with Gasteiger partial charge >= 0.3 is 6.03 Å². The highest BCUT2D eigenvalue weighted by atomic mass is 16.2. The van der Waals surface area contributed by atoms with Gasteiger partial charge in [0, 0.05) is 25.8 Å². The number of likely N-dealkylation sites (N-methyl/N-ethyl adjacent to an activating group) is 1. The lowest BCUT2D eigenvalue weighted by Gasteiger charge is -2.32. The van der Waals surface area contributed by atoms with Crippen LogP contribution in [0.15, 0.2) is 53.3 Å². The first-order chi connectivity index (χ1) is 15.3. The predicted octanol–water partition coefficient (Wildman–Crippen LogP) is 4.04. The lowest BCUT2D eigenvalue weighted by molar-refractivity contribution is 0.172. The SMILES string of the molecule is CCc1ccc(NC(=O)N(CCN(C)C)C(CC)c2nc3ccccc3c(=O)n2C)cc1. The van der Waals surface area contributed by atoms with Gasteiger partial charge in [-0.15, -0.1) is 0 Å². The van der Waals surface area contributed by atoms with Gasteiger partial charge in [0.1, 0.15) is 5.82 Å². The van der Waals surface area contributed by atoms with E-state index in [-0.39, 0.29) is 17.6 Å². The second kappa shape index (κ2) is 10.4. The average molecular weight is 436 g/mol. The third-order valence-electron chi connectivity index (χ3n) is 5.74. The molecule has 1 unspecified atom stereocenters. The van der Waals surface area contributed by atoms with Crippen molar-refractivity contribution in [1.29, 1.82) is 0 Å². The van der Waals surface area contributed by atoms with Gasteiger partial charge in [-0.1, -0.05) is 38.1 Å². The van der Waals surface area contributed by atoms with Crippen molar-refractivity contribution in [3.05, 3.63) is 70.3 Å². The summed E-state index contributed by atoms with van der Waals surface area (Å²) in [5.41, 5.74) is 2.51. The average Bonchev–Trinajstić information content (AvgIpc) is 2.79. The number of hydrogen-bond acceptors (Lipinski definition) is 4. The summed E-state index contributed by atoms with van der Waals surface area (Å²) in [5.74, 6) is 0.589. The number of carbonyl (C=O) groups is 1. The number of nitrogens with one attached hydrogen (secondary N) is 1. The standard InChI is InChI=1S/C25H33N5O2/c1-6-18-12-14-19(15-13-18)26-25(32)30(17-16-28(3)4)22(7-2)23-27-21-11-9-8-10-20(21)24(31)29(23)5/h8-15,22H,6-7,16-17H2,1-5H3,(H,26,32). The lowest BCUT2D eigenvalue weighted by atomic mass is 10.1. The minimum absolute atomic E-state index is 0.104. The Kier molecular flexibility index (Phi) is 7.64. The molecule has 0 spiro atoms. The summed E-state index contributed by atoms with van der Waals surface area (Å²) in [7, 11) is 5.68. The number of anilines is 1. The van der Waals surface area contributed by atoms with Gasteiger partial charge in [0.25, 0.3) is 5.56 Å². The van der Waals surface area contributed by atoms with E-state index in [0.717, 1.165) is 12.1 Å². The van der Waals surface area contributed by atoms with E-state index in [4.69, 9.17) is 4.98 Å². The van der Waals surface area contributed by atoms with Crippen LogP contribution in [-0.2, 0) is 13.5 Å². The maximum Gasteiger partial charge on any atom is 0.322 e. The molecule has 2 amide bonds. The molecule has 0 saturated carbocycles. The smallest absolute Gasteiger partial charge is 0.313 e. The van der Waals surface area contributed by atoms with Gasteiger partial charge in [-0.25, -0.2) is 9.78 Å². The van der Waals surface area contributed by atoms with Crippen LogP contribution < -0.4 is 10.9 Å². The van der Waals surface area contributed by atoms with E-state index in [0.29, 0.717) is 36.2 Å². The molecule has 0 aliphatic carbocycles. The molecule has 3 aromatic rings. The van der Waals surface area contributed by atoms with Crippen LogP contribution in [0.5, 0.6) is 0 Å². The fourth-order valence-corrected chi connectivity index (χ4v) is 3.80. The van der Waals surface area contributed by atoms with Gasteiger partial charge < -0.3 is 15.1 Å². The molecule has 7 nitrogen and oxygen atoms in total. The van der Waals surface area contributed by atoms with Crippen molar-refractivity contribution in [3.63, 3.8) is 0 Å². The molecule has 0 radical (unpaired) electrons. The first-order valence-corrected chi connectivity index (χ1v) is 11.1. The van der Waals surface area contributed by atoms with Gasteiger partial charge in [0.05, 0.1) is 16.9 Å². The van der Waals surface area contributed by atoms with Gasteiger partial charge in [0.2, 0.25) is 0 Å². The number of benzene rings is 2. The molecule has 1 aromatic heterocycles. The number of fused-ring (bicyclic) bond motifs is 1. The van der Waals surface area contributed by atoms with E-state index >= 15 is 0 Å². The van der Waals surface area contributed by atoms with E-state index in [9.17, 15) is 9.59 Å². The number of aromatic nitrogens is 2. The third-order valence-corrected chi connectivity index (χ3v) is 5.74.